The van der Waals surface area contributed by atoms with Crippen LogP contribution in [0.25, 0.3) is 0 Å². The van der Waals surface area contributed by atoms with Crippen molar-refractivity contribution >= 4 is 11.9 Å². The number of carbonyl (C=O) groups excluding carboxylic acids is 1. The maximum atomic E-state index is 12.1. The van der Waals surface area contributed by atoms with Crippen LogP contribution in [-0.4, -0.2) is 45.0 Å². The second-order valence-electron chi connectivity index (χ2n) is 5.92. The van der Waals surface area contributed by atoms with Crippen LogP contribution in [0.3, 0.4) is 0 Å². The molecule has 1 unspecified atom stereocenters. The van der Waals surface area contributed by atoms with Crippen LogP contribution in [0, 0.1) is 13.8 Å². The normalized spacial score (nSPS) is 22.5. The van der Waals surface area contributed by atoms with Crippen molar-refractivity contribution in [2.75, 3.05) is 0 Å². The average Bonchev–Trinajstić information content (AvgIpc) is 3.01. The van der Waals surface area contributed by atoms with Crippen molar-refractivity contribution in [2.24, 2.45) is 7.05 Å². The van der Waals surface area contributed by atoms with Gasteiger partial charge in [-0.25, -0.2) is 4.79 Å². The van der Waals surface area contributed by atoms with Gasteiger partial charge in [0, 0.05) is 18.8 Å². The number of nitrogens with one attached hydrogen (secondary N) is 1. The molecule has 0 saturated carbocycles. The molecule has 1 aromatic heterocycles. The van der Waals surface area contributed by atoms with Crippen LogP contribution in [0.5, 0.6) is 0 Å². The Labute approximate surface area is 129 Å². The molecule has 1 aliphatic heterocycles. The number of nitrogens with zero attached hydrogens (tertiary/aromatic N) is 2. The number of ether oxygens (including phenoxy) is 1. The molecule has 0 spiro atoms. The Hall–Kier alpha value is -1.89. The van der Waals surface area contributed by atoms with Gasteiger partial charge in [0.1, 0.15) is 6.10 Å². The van der Waals surface area contributed by atoms with Crippen LogP contribution < -0.4 is 5.32 Å². The van der Waals surface area contributed by atoms with Crippen LogP contribution in [0.2, 0.25) is 0 Å². The maximum absolute atomic E-state index is 12.1. The summed E-state index contributed by atoms with van der Waals surface area (Å²) in [6.45, 7) is 5.88. The lowest BCUT2D eigenvalue weighted by molar-refractivity contribution is -0.151. The Morgan fingerprint density at radius 1 is 1.41 bits per heavy atom. The predicted octanol–water partition coefficient (Wildman–Crippen LogP) is 0.716. The Bertz CT molecular complexity index is 582. The third-order valence-corrected chi connectivity index (χ3v) is 4.15. The quantitative estimate of drug-likeness (QED) is 0.836. The molecule has 7 nitrogen and oxygen atoms in total. The zero-order valence-electron chi connectivity index (χ0n) is 13.4. The number of carboxylic acids is 1. The summed E-state index contributed by atoms with van der Waals surface area (Å²) in [6, 6.07) is -0.0680. The van der Waals surface area contributed by atoms with Gasteiger partial charge < -0.3 is 15.2 Å². The van der Waals surface area contributed by atoms with E-state index in [2.05, 4.69) is 10.4 Å². The molecule has 1 aromatic rings. The van der Waals surface area contributed by atoms with Gasteiger partial charge in [0.25, 0.3) is 0 Å². The summed E-state index contributed by atoms with van der Waals surface area (Å²) in [5, 5.41) is 16.2. The highest BCUT2D eigenvalue weighted by Crippen LogP contribution is 2.20. The van der Waals surface area contributed by atoms with Crippen LogP contribution in [-0.2, 0) is 27.8 Å². The van der Waals surface area contributed by atoms with Gasteiger partial charge >= 0.3 is 5.97 Å². The first kappa shape index (κ1) is 16.5. The van der Waals surface area contributed by atoms with Gasteiger partial charge in [-0.05, 0) is 45.6 Å². The van der Waals surface area contributed by atoms with E-state index in [0.717, 1.165) is 17.0 Å². The summed E-state index contributed by atoms with van der Waals surface area (Å²) in [7, 11) is 1.90. The summed E-state index contributed by atoms with van der Waals surface area (Å²) < 4.78 is 7.09. The largest absolute Gasteiger partial charge is 0.479 e. The summed E-state index contributed by atoms with van der Waals surface area (Å²) in [5.74, 6) is -1.25. The van der Waals surface area contributed by atoms with Gasteiger partial charge in [-0.1, -0.05) is 0 Å². The first-order valence-electron chi connectivity index (χ1n) is 7.47. The second-order valence-corrected chi connectivity index (χ2v) is 5.92. The summed E-state index contributed by atoms with van der Waals surface area (Å²) in [5.41, 5.74) is 3.18. The van der Waals surface area contributed by atoms with E-state index >= 15 is 0 Å². The van der Waals surface area contributed by atoms with Gasteiger partial charge in [-0.15, -0.1) is 0 Å². The average molecular weight is 309 g/mol. The lowest BCUT2D eigenvalue weighted by atomic mass is 10.0. The summed E-state index contributed by atoms with van der Waals surface area (Å²) >= 11 is 0. The van der Waals surface area contributed by atoms with Gasteiger partial charge in [0.2, 0.25) is 5.91 Å². The number of rotatable bonds is 5. The van der Waals surface area contributed by atoms with E-state index in [9.17, 15) is 9.59 Å². The highest BCUT2D eigenvalue weighted by atomic mass is 16.5. The van der Waals surface area contributed by atoms with Gasteiger partial charge in [-0.3, -0.25) is 9.48 Å². The Balaban J connectivity index is 1.91. The molecule has 0 bridgehead atoms. The molecule has 1 fully saturated rings. The fourth-order valence-corrected chi connectivity index (χ4v) is 2.82. The van der Waals surface area contributed by atoms with Gasteiger partial charge in [0.15, 0.2) is 6.10 Å². The number of hydrogen-bond donors (Lipinski definition) is 2. The molecule has 1 amide bonds. The standard InChI is InChI=1S/C15H23N3O4/c1-8(7-11-9(2)17-18(4)10(11)3)16-14(19)12-5-6-13(22-12)15(20)21/h8,12-13H,5-7H2,1-4H3,(H,16,19)(H,20,21)/t8?,12-,13+/m0/s1. The number of carbonyl (C=O) groups is 2. The molecule has 0 aliphatic carbocycles. The minimum absolute atomic E-state index is 0.0680. The number of aliphatic carboxylic acids is 1. The minimum atomic E-state index is -1.01. The SMILES string of the molecule is Cc1nn(C)c(C)c1CC(C)NC(=O)[C@@H]1CC[C@H](C(=O)O)O1. The van der Waals surface area contributed by atoms with Crippen LogP contribution in [0.15, 0.2) is 0 Å². The minimum Gasteiger partial charge on any atom is -0.479 e. The van der Waals surface area contributed by atoms with Crippen molar-refractivity contribution in [3.8, 4) is 0 Å². The first-order chi connectivity index (χ1) is 10.3. The highest BCUT2D eigenvalue weighted by molar-refractivity contribution is 5.82. The summed E-state index contributed by atoms with van der Waals surface area (Å²) in [4.78, 5) is 23.0. The number of carboxylic acid groups (broad SMARTS) is 1. The zero-order chi connectivity index (χ0) is 16.4. The Morgan fingerprint density at radius 3 is 2.55 bits per heavy atom. The fourth-order valence-electron chi connectivity index (χ4n) is 2.82. The van der Waals surface area contributed by atoms with E-state index in [0.29, 0.717) is 19.3 Å². The first-order valence-corrected chi connectivity index (χ1v) is 7.47. The van der Waals surface area contributed by atoms with E-state index in [1.165, 1.54) is 0 Å². The zero-order valence-corrected chi connectivity index (χ0v) is 13.4. The molecule has 22 heavy (non-hydrogen) atoms. The predicted molar refractivity (Wildman–Crippen MR) is 79.5 cm³/mol. The van der Waals surface area contributed by atoms with E-state index in [4.69, 9.17) is 9.84 Å². The van der Waals surface area contributed by atoms with E-state index in [-0.39, 0.29) is 11.9 Å². The van der Waals surface area contributed by atoms with Gasteiger partial charge in [0.05, 0.1) is 5.69 Å². The van der Waals surface area contributed by atoms with Crippen molar-refractivity contribution in [1.82, 2.24) is 15.1 Å². The van der Waals surface area contributed by atoms with Crippen molar-refractivity contribution in [2.45, 2.75) is 58.3 Å². The maximum Gasteiger partial charge on any atom is 0.332 e. The van der Waals surface area contributed by atoms with Crippen LogP contribution in [0.1, 0.15) is 36.7 Å². The Kier molecular flexibility index (Phi) is 4.85. The van der Waals surface area contributed by atoms with Crippen molar-refractivity contribution in [3.05, 3.63) is 17.0 Å². The smallest absolute Gasteiger partial charge is 0.332 e. The van der Waals surface area contributed by atoms with E-state index in [1.807, 2.05) is 32.5 Å². The van der Waals surface area contributed by atoms with Crippen molar-refractivity contribution in [1.29, 1.82) is 0 Å². The molecular formula is C15H23N3O4. The number of hydrogen-bond acceptors (Lipinski definition) is 4. The molecule has 1 aliphatic rings. The van der Waals surface area contributed by atoms with E-state index < -0.39 is 18.2 Å². The molecule has 0 aromatic carbocycles. The Morgan fingerprint density at radius 2 is 2.05 bits per heavy atom. The van der Waals surface area contributed by atoms with Crippen molar-refractivity contribution < 1.29 is 19.4 Å². The summed E-state index contributed by atoms with van der Waals surface area (Å²) in [6.07, 6.45) is -0.0244. The molecule has 2 heterocycles. The molecule has 7 heteroatoms. The van der Waals surface area contributed by atoms with E-state index in [1.54, 1.807) is 0 Å². The molecule has 0 radical (unpaired) electrons. The lowest BCUT2D eigenvalue weighted by Crippen LogP contribution is -2.41. The topological polar surface area (TPSA) is 93.5 Å². The number of amides is 1. The molecule has 122 valence electrons. The molecule has 1 saturated heterocycles. The molecule has 2 rings (SSSR count). The van der Waals surface area contributed by atoms with Gasteiger partial charge in [-0.2, -0.15) is 5.10 Å². The van der Waals surface area contributed by atoms with Crippen molar-refractivity contribution in [3.63, 3.8) is 0 Å². The van der Waals surface area contributed by atoms with Crippen LogP contribution in [0.4, 0.5) is 0 Å². The molecule has 3 atom stereocenters. The number of aryl methyl sites for hydroxylation is 2. The second kappa shape index (κ2) is 6.48. The monoisotopic (exact) mass is 309 g/mol. The third kappa shape index (κ3) is 3.47. The highest BCUT2D eigenvalue weighted by Gasteiger charge is 2.35. The lowest BCUT2D eigenvalue weighted by Gasteiger charge is -2.17. The molecular weight excluding hydrogens is 286 g/mol. The molecule has 2 N–H and O–H groups in total. The fraction of sp³-hybridized carbons (Fsp3) is 0.667. The van der Waals surface area contributed by atoms with Crippen LogP contribution >= 0.6 is 0 Å². The number of aromatic nitrogens is 2. The third-order valence-electron chi connectivity index (χ3n) is 4.15.